The van der Waals surface area contributed by atoms with Crippen LogP contribution >= 0.6 is 27.3 Å². The van der Waals surface area contributed by atoms with Gasteiger partial charge in [0.2, 0.25) is 0 Å². The van der Waals surface area contributed by atoms with E-state index in [2.05, 4.69) is 75.6 Å². The molecule has 0 atom stereocenters. The number of halogens is 1. The topological polar surface area (TPSA) is 24.9 Å². The van der Waals surface area contributed by atoms with Crippen molar-refractivity contribution >= 4 is 33.0 Å². The van der Waals surface area contributed by atoms with Crippen LogP contribution in [0.15, 0.2) is 58.5 Å². The Morgan fingerprint density at radius 2 is 2.10 bits per heavy atom. The highest BCUT2D eigenvalue weighted by Crippen LogP contribution is 2.25. The van der Waals surface area contributed by atoms with Gasteiger partial charge in [-0.3, -0.25) is 0 Å². The number of thiazole rings is 1. The summed E-state index contributed by atoms with van der Waals surface area (Å²) >= 11 is 5.19. The zero-order valence-electron chi connectivity index (χ0n) is 11.6. The van der Waals surface area contributed by atoms with Gasteiger partial charge in [-0.25, -0.2) is 4.98 Å². The molecule has 106 valence electrons. The van der Waals surface area contributed by atoms with Crippen molar-refractivity contribution in [3.63, 3.8) is 0 Å². The Morgan fingerprint density at radius 1 is 1.19 bits per heavy atom. The zero-order valence-corrected chi connectivity index (χ0v) is 14.0. The second kappa shape index (κ2) is 6.41. The first-order valence-electron chi connectivity index (χ1n) is 6.71. The predicted octanol–water partition coefficient (Wildman–Crippen LogP) is 5.49. The van der Waals surface area contributed by atoms with Gasteiger partial charge in [-0.05, 0) is 36.2 Å². The Kier molecular flexibility index (Phi) is 4.36. The molecular weight excluding hydrogens is 344 g/mol. The standard InChI is InChI=1S/C17H15BrN2S/c1-12-9-13(5-6-16(12)18)11-20-15-4-2-3-14(10-15)17-19-7-8-21-17/h2-10,20H,11H2,1H3. The van der Waals surface area contributed by atoms with Gasteiger partial charge in [-0.2, -0.15) is 0 Å². The molecule has 1 heterocycles. The molecule has 0 aliphatic carbocycles. The lowest BCUT2D eigenvalue weighted by Gasteiger charge is -2.09. The summed E-state index contributed by atoms with van der Waals surface area (Å²) in [6.07, 6.45) is 1.84. The molecule has 0 aliphatic heterocycles. The Hall–Kier alpha value is -1.65. The Morgan fingerprint density at radius 3 is 2.86 bits per heavy atom. The fourth-order valence-corrected chi connectivity index (χ4v) is 3.03. The number of aryl methyl sites for hydroxylation is 1. The van der Waals surface area contributed by atoms with Crippen molar-refractivity contribution in [3.05, 3.63) is 69.6 Å². The van der Waals surface area contributed by atoms with Gasteiger partial charge in [-0.1, -0.05) is 40.2 Å². The minimum absolute atomic E-state index is 0.815. The molecule has 4 heteroatoms. The molecule has 21 heavy (non-hydrogen) atoms. The predicted molar refractivity (Wildman–Crippen MR) is 93.8 cm³/mol. The summed E-state index contributed by atoms with van der Waals surface area (Å²) in [6, 6.07) is 14.8. The molecule has 1 N–H and O–H groups in total. The third-order valence-electron chi connectivity index (χ3n) is 3.26. The van der Waals surface area contributed by atoms with Crippen molar-refractivity contribution in [1.82, 2.24) is 4.98 Å². The maximum absolute atomic E-state index is 4.35. The highest BCUT2D eigenvalue weighted by molar-refractivity contribution is 9.10. The number of nitrogens with one attached hydrogen (secondary N) is 1. The maximum atomic E-state index is 4.35. The summed E-state index contributed by atoms with van der Waals surface area (Å²) in [5.41, 5.74) is 4.80. The molecule has 2 nitrogen and oxygen atoms in total. The largest absolute Gasteiger partial charge is 0.381 e. The van der Waals surface area contributed by atoms with Crippen LogP contribution in [0.2, 0.25) is 0 Å². The third-order valence-corrected chi connectivity index (χ3v) is 4.97. The van der Waals surface area contributed by atoms with Gasteiger partial charge in [-0.15, -0.1) is 11.3 Å². The normalized spacial score (nSPS) is 10.6. The van der Waals surface area contributed by atoms with E-state index in [1.807, 2.05) is 11.6 Å². The second-order valence-electron chi connectivity index (χ2n) is 4.86. The first kappa shape index (κ1) is 14.3. The van der Waals surface area contributed by atoms with Crippen molar-refractivity contribution in [2.75, 3.05) is 5.32 Å². The highest BCUT2D eigenvalue weighted by atomic mass is 79.9. The Balaban J connectivity index is 1.73. The molecule has 1 aromatic heterocycles. The molecule has 0 aliphatic rings. The zero-order chi connectivity index (χ0) is 14.7. The smallest absolute Gasteiger partial charge is 0.123 e. The van der Waals surface area contributed by atoms with E-state index >= 15 is 0 Å². The molecule has 0 fully saturated rings. The van der Waals surface area contributed by atoms with Crippen LogP contribution in [-0.4, -0.2) is 4.98 Å². The van der Waals surface area contributed by atoms with Gasteiger partial charge in [0, 0.05) is 33.8 Å². The van der Waals surface area contributed by atoms with E-state index in [1.54, 1.807) is 11.3 Å². The number of hydrogen-bond acceptors (Lipinski definition) is 3. The lowest BCUT2D eigenvalue weighted by molar-refractivity contribution is 1.14. The Labute approximate surface area is 137 Å². The summed E-state index contributed by atoms with van der Waals surface area (Å²) in [5.74, 6) is 0. The Bertz CT molecular complexity index is 738. The monoisotopic (exact) mass is 358 g/mol. The number of anilines is 1. The molecular formula is C17H15BrN2S. The summed E-state index contributed by atoms with van der Waals surface area (Å²) < 4.78 is 1.15. The van der Waals surface area contributed by atoms with Crippen LogP contribution in [0.25, 0.3) is 10.6 Å². The molecule has 0 saturated carbocycles. The SMILES string of the molecule is Cc1cc(CNc2cccc(-c3nccs3)c2)ccc1Br. The van der Waals surface area contributed by atoms with Crippen LogP contribution in [0.5, 0.6) is 0 Å². The molecule has 0 spiro atoms. The number of hydrogen-bond donors (Lipinski definition) is 1. The van der Waals surface area contributed by atoms with E-state index in [0.29, 0.717) is 0 Å². The fraction of sp³-hybridized carbons (Fsp3) is 0.118. The molecule has 0 unspecified atom stereocenters. The first-order valence-corrected chi connectivity index (χ1v) is 8.38. The molecule has 3 rings (SSSR count). The van der Waals surface area contributed by atoms with Crippen molar-refractivity contribution in [2.24, 2.45) is 0 Å². The molecule has 0 bridgehead atoms. The number of rotatable bonds is 4. The molecule has 3 aromatic rings. The van der Waals surface area contributed by atoms with Gasteiger partial charge < -0.3 is 5.32 Å². The maximum Gasteiger partial charge on any atom is 0.123 e. The van der Waals surface area contributed by atoms with E-state index in [0.717, 1.165) is 27.3 Å². The highest BCUT2D eigenvalue weighted by Gasteiger charge is 2.02. The second-order valence-corrected chi connectivity index (χ2v) is 6.60. The number of nitrogens with zero attached hydrogens (tertiary/aromatic N) is 1. The lowest BCUT2D eigenvalue weighted by Crippen LogP contribution is -1.99. The third kappa shape index (κ3) is 3.52. The number of benzene rings is 2. The van der Waals surface area contributed by atoms with Crippen molar-refractivity contribution in [2.45, 2.75) is 13.5 Å². The first-order chi connectivity index (χ1) is 10.2. The minimum Gasteiger partial charge on any atom is -0.381 e. The van der Waals surface area contributed by atoms with Gasteiger partial charge in [0.05, 0.1) is 0 Å². The average molecular weight is 359 g/mol. The van der Waals surface area contributed by atoms with Crippen LogP contribution in [-0.2, 0) is 6.54 Å². The van der Waals surface area contributed by atoms with Crippen LogP contribution in [0.3, 0.4) is 0 Å². The van der Waals surface area contributed by atoms with Crippen LogP contribution < -0.4 is 5.32 Å². The average Bonchev–Trinajstić information content (AvgIpc) is 3.03. The molecule has 0 saturated heterocycles. The summed E-state index contributed by atoms with van der Waals surface area (Å²) in [5, 5.41) is 6.53. The molecule has 0 amide bonds. The fourth-order valence-electron chi connectivity index (χ4n) is 2.15. The van der Waals surface area contributed by atoms with Gasteiger partial charge in [0.25, 0.3) is 0 Å². The van der Waals surface area contributed by atoms with Crippen molar-refractivity contribution in [3.8, 4) is 10.6 Å². The molecule has 2 aromatic carbocycles. The van der Waals surface area contributed by atoms with E-state index in [9.17, 15) is 0 Å². The lowest BCUT2D eigenvalue weighted by atomic mass is 10.1. The van der Waals surface area contributed by atoms with E-state index in [4.69, 9.17) is 0 Å². The van der Waals surface area contributed by atoms with Crippen LogP contribution in [0, 0.1) is 6.92 Å². The minimum atomic E-state index is 0.815. The van der Waals surface area contributed by atoms with Gasteiger partial charge >= 0.3 is 0 Å². The van der Waals surface area contributed by atoms with Crippen molar-refractivity contribution in [1.29, 1.82) is 0 Å². The van der Waals surface area contributed by atoms with Crippen LogP contribution in [0.4, 0.5) is 5.69 Å². The van der Waals surface area contributed by atoms with Crippen LogP contribution in [0.1, 0.15) is 11.1 Å². The molecule has 0 radical (unpaired) electrons. The van der Waals surface area contributed by atoms with E-state index in [1.165, 1.54) is 11.1 Å². The van der Waals surface area contributed by atoms with Gasteiger partial charge in [0.1, 0.15) is 5.01 Å². The number of aromatic nitrogens is 1. The van der Waals surface area contributed by atoms with Crippen molar-refractivity contribution < 1.29 is 0 Å². The van der Waals surface area contributed by atoms with Gasteiger partial charge in [0.15, 0.2) is 0 Å². The van der Waals surface area contributed by atoms with E-state index in [-0.39, 0.29) is 0 Å². The van der Waals surface area contributed by atoms with E-state index < -0.39 is 0 Å². The summed E-state index contributed by atoms with van der Waals surface area (Å²) in [7, 11) is 0. The summed E-state index contributed by atoms with van der Waals surface area (Å²) in [4.78, 5) is 4.35. The summed E-state index contributed by atoms with van der Waals surface area (Å²) in [6.45, 7) is 2.92. The quantitative estimate of drug-likeness (QED) is 0.666.